The van der Waals surface area contributed by atoms with Gasteiger partial charge in [-0.1, -0.05) is 49.0 Å². The van der Waals surface area contributed by atoms with E-state index < -0.39 is 52.6 Å². The standard InChI is InChI=1S/C29H39N3O8S2/c1-17-7-5-6-8-21-14-40-26(31-21)25(23(34)16-42-15-22(28(38)39)30-20(4)33)32-24(35)13-29(41,19(3)27(36)37)12-11-18(2)10-9-17/h5-8,10,14,19,22-23,25,34,41H,1,9,11-13,15-16H2,2-4H3,(H,30,33)(H,32,35)(H,36,37)(H,38,39)/t19-,22+,23+,25-,29+/m0/s1. The number of aliphatic carboxylic acids is 2. The van der Waals surface area contributed by atoms with Crippen LogP contribution < -0.4 is 10.6 Å². The first-order valence-corrected chi connectivity index (χ1v) is 15.0. The molecule has 2 heterocycles. The SMILES string of the molecule is C=C1C=CC=Cc2coc(n2)[C@H]([C@H](O)CSC[C@@H](NC(C)=O)C(=O)O)NC(=O)C[C@@](S)([C@@H](C)C(=O)O)CCC(C)=CC1. The van der Waals surface area contributed by atoms with Crippen molar-refractivity contribution in [3.05, 3.63) is 59.9 Å². The van der Waals surface area contributed by atoms with Crippen molar-refractivity contribution in [1.82, 2.24) is 15.6 Å². The molecule has 5 N–H and O–H groups in total. The monoisotopic (exact) mass is 621 g/mol. The van der Waals surface area contributed by atoms with Crippen LogP contribution in [0.15, 0.2) is 52.7 Å². The molecule has 1 aliphatic rings. The second-order valence-electron chi connectivity index (χ2n) is 10.3. The minimum atomic E-state index is -1.27. The van der Waals surface area contributed by atoms with Gasteiger partial charge in [-0.3, -0.25) is 14.4 Å². The summed E-state index contributed by atoms with van der Waals surface area (Å²) in [5.41, 5.74) is 2.30. The van der Waals surface area contributed by atoms with Crippen molar-refractivity contribution >= 4 is 54.2 Å². The smallest absolute Gasteiger partial charge is 0.327 e. The molecule has 1 aromatic rings. The highest BCUT2D eigenvalue weighted by molar-refractivity contribution is 7.99. The maximum atomic E-state index is 13.4. The van der Waals surface area contributed by atoms with Crippen molar-refractivity contribution in [3.63, 3.8) is 0 Å². The molecule has 5 atom stereocenters. The molecule has 0 aromatic carbocycles. The number of allylic oxidation sites excluding steroid dienone is 6. The number of thioether (sulfide) groups is 1. The molecule has 230 valence electrons. The topological polar surface area (TPSA) is 179 Å². The number of carboxylic acids is 2. The summed E-state index contributed by atoms with van der Waals surface area (Å²) in [6.07, 6.45) is 10.3. The first-order chi connectivity index (χ1) is 19.7. The molecule has 0 fully saturated rings. The lowest BCUT2D eigenvalue weighted by Crippen LogP contribution is -2.44. The van der Waals surface area contributed by atoms with Gasteiger partial charge in [0.05, 0.1) is 12.0 Å². The van der Waals surface area contributed by atoms with E-state index in [9.17, 15) is 34.5 Å². The summed E-state index contributed by atoms with van der Waals surface area (Å²) in [5.74, 6) is -4.41. The maximum Gasteiger partial charge on any atom is 0.327 e. The van der Waals surface area contributed by atoms with Gasteiger partial charge in [-0.2, -0.15) is 24.4 Å². The van der Waals surface area contributed by atoms with Crippen molar-refractivity contribution in [1.29, 1.82) is 0 Å². The van der Waals surface area contributed by atoms with Crippen LogP contribution in [0.25, 0.3) is 6.08 Å². The highest BCUT2D eigenvalue weighted by atomic mass is 32.2. The van der Waals surface area contributed by atoms with Crippen LogP contribution in [0.2, 0.25) is 0 Å². The van der Waals surface area contributed by atoms with Crippen LogP contribution in [-0.2, 0) is 19.2 Å². The third-order valence-electron chi connectivity index (χ3n) is 6.77. The second kappa shape index (κ2) is 16.4. The lowest BCUT2D eigenvalue weighted by atomic mass is 9.84. The Kier molecular flexibility index (Phi) is 13.6. The number of nitrogens with zero attached hydrogens (tertiary/aromatic N) is 1. The number of aromatic nitrogens is 1. The van der Waals surface area contributed by atoms with Gasteiger partial charge in [0.15, 0.2) is 0 Å². The molecule has 13 heteroatoms. The summed E-state index contributed by atoms with van der Waals surface area (Å²) in [5, 5.41) is 35.2. The molecule has 11 nitrogen and oxygen atoms in total. The van der Waals surface area contributed by atoms with Crippen LogP contribution in [0.5, 0.6) is 0 Å². The number of oxazole rings is 1. The fourth-order valence-corrected chi connectivity index (χ4v) is 5.49. The highest BCUT2D eigenvalue weighted by Gasteiger charge is 2.40. The van der Waals surface area contributed by atoms with Crippen molar-refractivity contribution in [2.75, 3.05) is 11.5 Å². The van der Waals surface area contributed by atoms with Gasteiger partial charge in [0.25, 0.3) is 0 Å². The van der Waals surface area contributed by atoms with Gasteiger partial charge in [0, 0.05) is 29.6 Å². The number of aliphatic hydroxyl groups is 1. The summed E-state index contributed by atoms with van der Waals surface area (Å²) in [6.45, 7) is 8.68. The Bertz CT molecular complexity index is 1240. The van der Waals surface area contributed by atoms with E-state index in [4.69, 9.17) is 17.0 Å². The Balaban J connectivity index is 2.38. The minimum Gasteiger partial charge on any atom is -0.481 e. The van der Waals surface area contributed by atoms with Gasteiger partial charge < -0.3 is 30.4 Å². The molecule has 0 spiro atoms. The molecule has 1 aliphatic heterocycles. The lowest BCUT2D eigenvalue weighted by Gasteiger charge is -2.33. The first kappa shape index (κ1) is 34.9. The van der Waals surface area contributed by atoms with E-state index in [0.29, 0.717) is 25.0 Å². The van der Waals surface area contributed by atoms with Crippen LogP contribution in [0.4, 0.5) is 0 Å². The average Bonchev–Trinajstić information content (AvgIpc) is 3.38. The number of nitrogens with one attached hydrogen (secondary N) is 2. The molecule has 2 bridgehead atoms. The average molecular weight is 622 g/mol. The number of aliphatic hydroxyl groups excluding tert-OH is 1. The molecule has 0 saturated carbocycles. The fourth-order valence-electron chi connectivity index (χ4n) is 4.09. The first-order valence-electron chi connectivity index (χ1n) is 13.4. The predicted octanol–water partition coefficient (Wildman–Crippen LogP) is 3.55. The molecule has 2 rings (SSSR count). The van der Waals surface area contributed by atoms with Crippen molar-refractivity contribution < 1.29 is 38.9 Å². The predicted molar refractivity (Wildman–Crippen MR) is 164 cm³/mol. The number of hydrogen-bond donors (Lipinski definition) is 6. The summed E-state index contributed by atoms with van der Waals surface area (Å²) in [6, 6.07) is -2.30. The third kappa shape index (κ3) is 11.2. The van der Waals surface area contributed by atoms with Crippen molar-refractivity contribution in [2.45, 2.75) is 69.4 Å². The van der Waals surface area contributed by atoms with E-state index >= 15 is 0 Å². The number of carbonyl (C=O) groups excluding carboxylic acids is 2. The zero-order valence-corrected chi connectivity index (χ0v) is 25.6. The third-order valence-corrected chi connectivity index (χ3v) is 8.69. The number of amides is 2. The van der Waals surface area contributed by atoms with E-state index in [1.165, 1.54) is 20.1 Å². The van der Waals surface area contributed by atoms with Gasteiger partial charge >= 0.3 is 11.9 Å². The van der Waals surface area contributed by atoms with Crippen LogP contribution in [0, 0.1) is 5.92 Å². The Hall–Kier alpha value is -3.29. The molecular formula is C29H39N3O8S2. The summed E-state index contributed by atoms with van der Waals surface area (Å²) in [7, 11) is 0. The number of hydrogen-bond acceptors (Lipinski definition) is 9. The van der Waals surface area contributed by atoms with Crippen molar-refractivity contribution in [3.8, 4) is 0 Å². The minimum absolute atomic E-state index is 0.0112. The maximum absolute atomic E-state index is 13.4. The zero-order valence-electron chi connectivity index (χ0n) is 23.9. The Morgan fingerprint density at radius 2 is 1.95 bits per heavy atom. The quantitative estimate of drug-likeness (QED) is 0.176. The molecule has 0 radical (unpaired) electrons. The molecule has 42 heavy (non-hydrogen) atoms. The van der Waals surface area contributed by atoms with E-state index in [2.05, 4.69) is 22.2 Å². The van der Waals surface area contributed by atoms with Crippen LogP contribution >= 0.6 is 24.4 Å². The largest absolute Gasteiger partial charge is 0.481 e. The Morgan fingerprint density at radius 1 is 1.26 bits per heavy atom. The molecule has 0 aliphatic carbocycles. The van der Waals surface area contributed by atoms with Crippen LogP contribution in [-0.4, -0.2) is 72.5 Å². The van der Waals surface area contributed by atoms with Gasteiger partial charge in [0.1, 0.15) is 24.0 Å². The van der Waals surface area contributed by atoms with E-state index in [1.807, 2.05) is 19.1 Å². The van der Waals surface area contributed by atoms with E-state index in [-0.39, 0.29) is 23.8 Å². The molecular weight excluding hydrogens is 582 g/mol. The molecule has 1 aromatic heterocycles. The lowest BCUT2D eigenvalue weighted by molar-refractivity contribution is -0.142. The molecule has 0 saturated heterocycles. The highest BCUT2D eigenvalue weighted by Crippen LogP contribution is 2.36. The van der Waals surface area contributed by atoms with Gasteiger partial charge in [-0.25, -0.2) is 9.78 Å². The fraction of sp³-hybridized carbons (Fsp3) is 0.483. The molecule has 2 amide bonds. The number of carbonyl (C=O) groups is 4. The molecule has 0 unspecified atom stereocenters. The van der Waals surface area contributed by atoms with Crippen molar-refractivity contribution in [2.24, 2.45) is 5.92 Å². The summed E-state index contributed by atoms with van der Waals surface area (Å²) < 4.78 is 4.38. The second-order valence-corrected chi connectivity index (χ2v) is 12.3. The number of rotatable bonds is 9. The number of fused-ring (bicyclic) bond motifs is 2. The van der Waals surface area contributed by atoms with Gasteiger partial charge in [-0.15, -0.1) is 0 Å². The van der Waals surface area contributed by atoms with E-state index in [0.717, 1.165) is 22.9 Å². The Morgan fingerprint density at radius 3 is 2.60 bits per heavy atom. The zero-order chi connectivity index (χ0) is 31.4. The van der Waals surface area contributed by atoms with Crippen LogP contribution in [0.1, 0.15) is 64.1 Å². The Labute approximate surface area is 255 Å². The van der Waals surface area contributed by atoms with E-state index in [1.54, 1.807) is 18.2 Å². The van der Waals surface area contributed by atoms with Gasteiger partial charge in [0.2, 0.25) is 17.7 Å². The van der Waals surface area contributed by atoms with Gasteiger partial charge in [-0.05, 0) is 32.3 Å². The number of thiol groups is 1. The summed E-state index contributed by atoms with van der Waals surface area (Å²) >= 11 is 5.77. The normalized spacial score (nSPS) is 22.6. The summed E-state index contributed by atoms with van der Waals surface area (Å²) in [4.78, 5) is 52.5. The number of carboxylic acid groups (broad SMARTS) is 2. The van der Waals surface area contributed by atoms with Crippen LogP contribution in [0.3, 0.4) is 0 Å².